The Kier molecular flexibility index (Phi) is 5.72. The normalized spacial score (nSPS) is 27.4. The van der Waals surface area contributed by atoms with Crippen molar-refractivity contribution < 1.29 is 25.2 Å². The van der Waals surface area contributed by atoms with E-state index in [1.807, 2.05) is 24.4 Å². The molecule has 0 amide bonds. The summed E-state index contributed by atoms with van der Waals surface area (Å²) >= 11 is 0. The molecule has 0 radical (unpaired) electrons. The van der Waals surface area contributed by atoms with Crippen LogP contribution in [0.2, 0.25) is 0 Å². The SMILES string of the molecule is CCc1ccc(Cc2c[nH]c3cccc([C@@H]4O[C@H](CO)[C@@H](O)[C@H](O)[C@H]4O)c23)cc1. The molecule has 1 aliphatic heterocycles. The topological polar surface area (TPSA) is 106 Å². The number of aryl methyl sites for hydroxylation is 1. The van der Waals surface area contributed by atoms with E-state index in [0.29, 0.717) is 6.42 Å². The van der Waals surface area contributed by atoms with Crippen molar-refractivity contribution in [3.8, 4) is 0 Å². The Morgan fingerprint density at radius 2 is 1.66 bits per heavy atom. The minimum absolute atomic E-state index is 0.443. The third-order valence-electron chi connectivity index (χ3n) is 5.84. The Balaban J connectivity index is 1.72. The van der Waals surface area contributed by atoms with E-state index in [1.165, 1.54) is 11.1 Å². The quantitative estimate of drug-likeness (QED) is 0.452. The van der Waals surface area contributed by atoms with Crippen molar-refractivity contribution in [2.75, 3.05) is 6.61 Å². The number of hydrogen-bond donors (Lipinski definition) is 5. The predicted molar refractivity (Wildman–Crippen MR) is 110 cm³/mol. The van der Waals surface area contributed by atoms with Crippen LogP contribution in [0.4, 0.5) is 0 Å². The molecule has 0 bridgehead atoms. The number of rotatable bonds is 5. The van der Waals surface area contributed by atoms with Gasteiger partial charge in [0.05, 0.1) is 6.61 Å². The molecule has 0 aliphatic carbocycles. The molecule has 1 saturated heterocycles. The second-order valence-electron chi connectivity index (χ2n) is 7.68. The highest BCUT2D eigenvalue weighted by atomic mass is 16.5. The Morgan fingerprint density at radius 3 is 2.34 bits per heavy atom. The van der Waals surface area contributed by atoms with Crippen LogP contribution in [0.5, 0.6) is 0 Å². The zero-order chi connectivity index (χ0) is 20.5. The summed E-state index contributed by atoms with van der Waals surface area (Å²) in [6, 6.07) is 14.2. The number of ether oxygens (including phenoxy) is 1. The van der Waals surface area contributed by atoms with Crippen LogP contribution in [0.15, 0.2) is 48.7 Å². The molecule has 29 heavy (non-hydrogen) atoms. The van der Waals surface area contributed by atoms with Crippen molar-refractivity contribution in [3.63, 3.8) is 0 Å². The standard InChI is InChI=1S/C23H27NO5/c1-2-13-6-8-14(9-7-13)10-15-11-24-17-5-3-4-16(19(15)17)23-22(28)21(27)20(26)18(12-25)29-23/h3-9,11,18,20-28H,2,10,12H2,1H3/t18-,20-,21+,22-,23+/m1/s1. The molecule has 0 spiro atoms. The molecule has 6 nitrogen and oxygen atoms in total. The lowest BCUT2D eigenvalue weighted by Gasteiger charge is -2.40. The van der Waals surface area contributed by atoms with E-state index in [2.05, 4.69) is 36.2 Å². The minimum atomic E-state index is -1.40. The minimum Gasteiger partial charge on any atom is -0.394 e. The van der Waals surface area contributed by atoms with Crippen LogP contribution < -0.4 is 0 Å². The monoisotopic (exact) mass is 397 g/mol. The molecule has 5 N–H and O–H groups in total. The van der Waals surface area contributed by atoms with E-state index in [9.17, 15) is 20.4 Å². The Morgan fingerprint density at radius 1 is 0.931 bits per heavy atom. The first-order chi connectivity index (χ1) is 14.0. The lowest BCUT2D eigenvalue weighted by atomic mass is 9.88. The van der Waals surface area contributed by atoms with Gasteiger partial charge in [-0.05, 0) is 41.2 Å². The number of fused-ring (bicyclic) bond motifs is 1. The van der Waals surface area contributed by atoms with Gasteiger partial charge in [-0.3, -0.25) is 0 Å². The van der Waals surface area contributed by atoms with Crippen molar-refractivity contribution in [3.05, 3.63) is 70.9 Å². The van der Waals surface area contributed by atoms with Crippen LogP contribution in [0, 0.1) is 0 Å². The van der Waals surface area contributed by atoms with Crippen molar-refractivity contribution >= 4 is 10.9 Å². The van der Waals surface area contributed by atoms with Gasteiger partial charge in [0.15, 0.2) is 0 Å². The van der Waals surface area contributed by atoms with Crippen molar-refractivity contribution in [2.45, 2.75) is 50.3 Å². The maximum absolute atomic E-state index is 10.6. The van der Waals surface area contributed by atoms with Gasteiger partial charge < -0.3 is 30.1 Å². The Labute approximate surface area is 169 Å². The molecular formula is C23H27NO5. The number of nitrogens with one attached hydrogen (secondary N) is 1. The van der Waals surface area contributed by atoms with Gasteiger partial charge in [0, 0.05) is 17.1 Å². The molecule has 154 valence electrons. The fraction of sp³-hybridized carbons (Fsp3) is 0.391. The highest BCUT2D eigenvalue weighted by molar-refractivity contribution is 5.87. The maximum atomic E-state index is 10.6. The molecule has 5 atom stereocenters. The summed E-state index contributed by atoms with van der Waals surface area (Å²) in [5.41, 5.74) is 5.14. The lowest BCUT2D eigenvalue weighted by molar-refractivity contribution is -0.231. The van der Waals surface area contributed by atoms with E-state index in [-0.39, 0.29) is 0 Å². The van der Waals surface area contributed by atoms with Crippen molar-refractivity contribution in [1.82, 2.24) is 4.98 Å². The molecule has 0 unspecified atom stereocenters. The summed E-state index contributed by atoms with van der Waals surface area (Å²) in [6.07, 6.45) is -2.20. The van der Waals surface area contributed by atoms with Crippen LogP contribution in [0.25, 0.3) is 10.9 Å². The van der Waals surface area contributed by atoms with E-state index in [0.717, 1.165) is 28.5 Å². The third-order valence-corrected chi connectivity index (χ3v) is 5.84. The molecular weight excluding hydrogens is 370 g/mol. The average Bonchev–Trinajstić information content (AvgIpc) is 3.16. The van der Waals surface area contributed by atoms with E-state index < -0.39 is 37.1 Å². The van der Waals surface area contributed by atoms with Gasteiger partial charge in [-0.25, -0.2) is 0 Å². The highest BCUT2D eigenvalue weighted by Crippen LogP contribution is 2.37. The molecule has 1 fully saturated rings. The number of aliphatic hydroxyl groups excluding tert-OH is 4. The number of aromatic nitrogens is 1. The fourth-order valence-electron chi connectivity index (χ4n) is 4.13. The highest BCUT2D eigenvalue weighted by Gasteiger charge is 2.44. The zero-order valence-electron chi connectivity index (χ0n) is 16.3. The molecule has 2 aromatic carbocycles. The lowest BCUT2D eigenvalue weighted by Crippen LogP contribution is -2.55. The zero-order valence-corrected chi connectivity index (χ0v) is 16.3. The first kappa shape index (κ1) is 20.1. The summed E-state index contributed by atoms with van der Waals surface area (Å²) in [7, 11) is 0. The van der Waals surface area contributed by atoms with Gasteiger partial charge in [0.2, 0.25) is 0 Å². The molecule has 0 saturated carbocycles. The number of aliphatic hydroxyl groups is 4. The van der Waals surface area contributed by atoms with Crippen LogP contribution in [-0.4, -0.2) is 56.4 Å². The Hall–Kier alpha value is -2.22. The summed E-state index contributed by atoms with van der Waals surface area (Å²) in [4.78, 5) is 3.27. The summed E-state index contributed by atoms with van der Waals surface area (Å²) in [6.45, 7) is 1.68. The van der Waals surface area contributed by atoms with Gasteiger partial charge in [-0.1, -0.05) is 43.3 Å². The van der Waals surface area contributed by atoms with Crippen LogP contribution in [0.3, 0.4) is 0 Å². The second kappa shape index (κ2) is 8.26. The summed E-state index contributed by atoms with van der Waals surface area (Å²) in [5, 5.41) is 41.3. The Bertz CT molecular complexity index is 965. The summed E-state index contributed by atoms with van der Waals surface area (Å²) in [5.74, 6) is 0. The van der Waals surface area contributed by atoms with Crippen LogP contribution in [0.1, 0.15) is 35.3 Å². The smallest absolute Gasteiger partial charge is 0.113 e. The molecule has 2 heterocycles. The number of H-pyrrole nitrogens is 1. The first-order valence-corrected chi connectivity index (χ1v) is 10.0. The number of benzene rings is 2. The van der Waals surface area contributed by atoms with Crippen LogP contribution >= 0.6 is 0 Å². The maximum Gasteiger partial charge on any atom is 0.113 e. The van der Waals surface area contributed by atoms with Gasteiger partial charge in [-0.2, -0.15) is 0 Å². The van der Waals surface area contributed by atoms with E-state index in [1.54, 1.807) is 0 Å². The predicted octanol–water partition coefficient (Wildman–Crippen LogP) is 1.84. The van der Waals surface area contributed by atoms with Crippen molar-refractivity contribution in [1.29, 1.82) is 0 Å². The van der Waals surface area contributed by atoms with Gasteiger partial charge >= 0.3 is 0 Å². The first-order valence-electron chi connectivity index (χ1n) is 10.0. The molecule has 1 aromatic heterocycles. The van der Waals surface area contributed by atoms with Crippen molar-refractivity contribution in [2.24, 2.45) is 0 Å². The number of hydrogen-bond acceptors (Lipinski definition) is 5. The van der Waals surface area contributed by atoms with Gasteiger partial charge in [0.25, 0.3) is 0 Å². The van der Waals surface area contributed by atoms with Gasteiger partial charge in [0.1, 0.15) is 30.5 Å². The summed E-state index contributed by atoms with van der Waals surface area (Å²) < 4.78 is 5.81. The molecule has 4 rings (SSSR count). The largest absolute Gasteiger partial charge is 0.394 e. The third kappa shape index (κ3) is 3.70. The molecule has 3 aromatic rings. The van der Waals surface area contributed by atoms with Crippen LogP contribution in [-0.2, 0) is 17.6 Å². The molecule has 6 heteroatoms. The van der Waals surface area contributed by atoms with E-state index in [4.69, 9.17) is 4.74 Å². The fourth-order valence-corrected chi connectivity index (χ4v) is 4.13. The average molecular weight is 397 g/mol. The van der Waals surface area contributed by atoms with Gasteiger partial charge in [-0.15, -0.1) is 0 Å². The molecule has 1 aliphatic rings. The van der Waals surface area contributed by atoms with E-state index >= 15 is 0 Å². The second-order valence-corrected chi connectivity index (χ2v) is 7.68. The number of aromatic amines is 1.